The van der Waals surface area contributed by atoms with E-state index in [-0.39, 0.29) is 17.4 Å². The molecule has 0 unspecified atom stereocenters. The Morgan fingerprint density at radius 3 is 2.27 bits per heavy atom. The zero-order chi connectivity index (χ0) is 24.6. The summed E-state index contributed by atoms with van der Waals surface area (Å²) < 4.78 is 10.7. The van der Waals surface area contributed by atoms with Crippen LogP contribution < -0.4 is 14.8 Å². The summed E-state index contributed by atoms with van der Waals surface area (Å²) in [4.78, 5) is 28.2. The van der Waals surface area contributed by atoms with Gasteiger partial charge in [0.2, 0.25) is 11.8 Å². The van der Waals surface area contributed by atoms with Crippen molar-refractivity contribution < 1.29 is 19.1 Å². The van der Waals surface area contributed by atoms with Crippen LogP contribution in [-0.2, 0) is 22.6 Å². The molecule has 0 aliphatic heterocycles. The molecular formula is C27H38N2O4. The minimum Gasteiger partial charge on any atom is -0.493 e. The lowest BCUT2D eigenvalue weighted by Gasteiger charge is -2.33. The van der Waals surface area contributed by atoms with Crippen LogP contribution in [0, 0.1) is 6.92 Å². The van der Waals surface area contributed by atoms with Crippen molar-refractivity contribution in [1.29, 1.82) is 0 Å². The van der Waals surface area contributed by atoms with Crippen LogP contribution >= 0.6 is 0 Å². The van der Waals surface area contributed by atoms with E-state index in [1.165, 1.54) is 0 Å². The van der Waals surface area contributed by atoms with E-state index in [0.29, 0.717) is 37.3 Å². The molecule has 0 heterocycles. The quantitative estimate of drug-likeness (QED) is 0.567. The first-order valence-corrected chi connectivity index (χ1v) is 11.5. The Bertz CT molecular complexity index is 949. The van der Waals surface area contributed by atoms with Crippen molar-refractivity contribution >= 4 is 11.8 Å². The lowest BCUT2D eigenvalue weighted by Crippen LogP contribution is -2.53. The number of benzene rings is 2. The summed E-state index contributed by atoms with van der Waals surface area (Å²) in [7, 11) is 3.19. The zero-order valence-electron chi connectivity index (χ0n) is 21.0. The van der Waals surface area contributed by atoms with Crippen LogP contribution in [0.15, 0.2) is 42.5 Å². The highest BCUT2D eigenvalue weighted by atomic mass is 16.5. The molecule has 6 heteroatoms. The molecule has 0 fully saturated rings. The maximum Gasteiger partial charge on any atom is 0.243 e. The molecule has 0 spiro atoms. The average molecular weight is 455 g/mol. The highest BCUT2D eigenvalue weighted by Gasteiger charge is 2.30. The van der Waals surface area contributed by atoms with Crippen molar-refractivity contribution in [3.63, 3.8) is 0 Å². The molecule has 2 amide bonds. The number of methoxy groups -OCH3 is 2. The van der Waals surface area contributed by atoms with Gasteiger partial charge in [-0.3, -0.25) is 9.59 Å². The summed E-state index contributed by atoms with van der Waals surface area (Å²) in [6.45, 7) is 10.2. The van der Waals surface area contributed by atoms with Crippen molar-refractivity contribution in [2.24, 2.45) is 0 Å². The zero-order valence-corrected chi connectivity index (χ0v) is 21.0. The standard InChI is InChI=1S/C27H38N2O4/c1-8-22(26(31)28-27(3,4)5)29(18-21-11-9-10-19(2)16-21)25(30)15-13-20-12-14-23(32-6)24(17-20)33-7/h9-12,14,16-17,22H,8,13,15,18H2,1-7H3,(H,28,31)/t22-/m0/s1. The van der Waals surface area contributed by atoms with Crippen LogP contribution in [0.4, 0.5) is 0 Å². The molecule has 180 valence electrons. The Morgan fingerprint density at radius 2 is 1.70 bits per heavy atom. The molecule has 0 aromatic heterocycles. The molecule has 0 aliphatic carbocycles. The summed E-state index contributed by atoms with van der Waals surface area (Å²) in [6, 6.07) is 13.2. The first kappa shape index (κ1) is 26.2. The second-order valence-electron chi connectivity index (χ2n) is 9.36. The third kappa shape index (κ3) is 7.81. The van der Waals surface area contributed by atoms with Gasteiger partial charge in [0.1, 0.15) is 6.04 Å². The van der Waals surface area contributed by atoms with E-state index < -0.39 is 6.04 Å². The average Bonchev–Trinajstić information content (AvgIpc) is 2.75. The third-order valence-corrected chi connectivity index (χ3v) is 5.40. The molecule has 1 atom stereocenters. The van der Waals surface area contributed by atoms with E-state index in [9.17, 15) is 9.59 Å². The van der Waals surface area contributed by atoms with Crippen molar-refractivity contribution in [3.8, 4) is 11.5 Å². The molecule has 33 heavy (non-hydrogen) atoms. The number of rotatable bonds is 10. The second kappa shape index (κ2) is 11.7. The lowest BCUT2D eigenvalue weighted by molar-refractivity contribution is -0.142. The minimum absolute atomic E-state index is 0.0535. The smallest absolute Gasteiger partial charge is 0.243 e. The third-order valence-electron chi connectivity index (χ3n) is 5.40. The van der Waals surface area contributed by atoms with Crippen molar-refractivity contribution in [3.05, 3.63) is 59.2 Å². The van der Waals surface area contributed by atoms with Gasteiger partial charge in [-0.15, -0.1) is 0 Å². The van der Waals surface area contributed by atoms with Crippen LogP contribution in [0.3, 0.4) is 0 Å². The van der Waals surface area contributed by atoms with Gasteiger partial charge < -0.3 is 19.7 Å². The fourth-order valence-corrected chi connectivity index (χ4v) is 3.81. The van der Waals surface area contributed by atoms with E-state index >= 15 is 0 Å². The summed E-state index contributed by atoms with van der Waals surface area (Å²) in [5.41, 5.74) is 2.74. The molecule has 0 saturated heterocycles. The predicted molar refractivity (Wildman–Crippen MR) is 132 cm³/mol. The topological polar surface area (TPSA) is 67.9 Å². The number of ether oxygens (including phenoxy) is 2. The van der Waals surface area contributed by atoms with E-state index in [1.807, 2.05) is 71.0 Å². The van der Waals surface area contributed by atoms with Gasteiger partial charge >= 0.3 is 0 Å². The number of hydrogen-bond donors (Lipinski definition) is 1. The maximum absolute atomic E-state index is 13.4. The Labute approximate surface area is 198 Å². The molecule has 0 saturated carbocycles. The summed E-state index contributed by atoms with van der Waals surface area (Å²) in [5.74, 6) is 1.10. The van der Waals surface area contributed by atoms with E-state index in [4.69, 9.17) is 9.47 Å². The monoisotopic (exact) mass is 454 g/mol. The highest BCUT2D eigenvalue weighted by Crippen LogP contribution is 2.28. The minimum atomic E-state index is -0.539. The van der Waals surface area contributed by atoms with Crippen molar-refractivity contribution in [2.45, 2.75) is 72.0 Å². The van der Waals surface area contributed by atoms with Crippen LogP contribution in [0.2, 0.25) is 0 Å². The Hall–Kier alpha value is -3.02. The Balaban J connectivity index is 2.25. The summed E-state index contributed by atoms with van der Waals surface area (Å²) in [6.07, 6.45) is 1.37. The van der Waals surface area contributed by atoms with E-state index in [1.54, 1.807) is 19.1 Å². The number of carbonyl (C=O) groups excluding carboxylic acids is 2. The molecule has 0 bridgehead atoms. The number of amides is 2. The van der Waals surface area contributed by atoms with Crippen LogP contribution in [0.5, 0.6) is 11.5 Å². The Morgan fingerprint density at radius 1 is 1.00 bits per heavy atom. The molecule has 0 aliphatic rings. The molecule has 1 N–H and O–H groups in total. The van der Waals surface area contributed by atoms with E-state index in [0.717, 1.165) is 16.7 Å². The van der Waals surface area contributed by atoms with Gasteiger partial charge in [-0.25, -0.2) is 0 Å². The number of hydrogen-bond acceptors (Lipinski definition) is 4. The van der Waals surface area contributed by atoms with Crippen molar-refractivity contribution in [1.82, 2.24) is 10.2 Å². The normalized spacial score (nSPS) is 12.1. The molecule has 6 nitrogen and oxygen atoms in total. The van der Waals surface area contributed by atoms with Crippen LogP contribution in [0.25, 0.3) is 0 Å². The molecule has 2 aromatic carbocycles. The summed E-state index contributed by atoms with van der Waals surface area (Å²) >= 11 is 0. The molecule has 2 rings (SSSR count). The van der Waals surface area contributed by atoms with Gasteiger partial charge in [-0.2, -0.15) is 0 Å². The first-order chi connectivity index (χ1) is 15.6. The van der Waals surface area contributed by atoms with Crippen molar-refractivity contribution in [2.75, 3.05) is 14.2 Å². The lowest BCUT2D eigenvalue weighted by atomic mass is 10.0. The van der Waals surface area contributed by atoms with Gasteiger partial charge in [0.25, 0.3) is 0 Å². The molecule has 0 radical (unpaired) electrons. The van der Waals surface area contributed by atoms with E-state index in [2.05, 4.69) is 11.4 Å². The number of aryl methyl sites for hydroxylation is 2. The fraction of sp³-hybridized carbons (Fsp3) is 0.481. The SMILES string of the molecule is CC[C@@H](C(=O)NC(C)(C)C)N(Cc1cccc(C)c1)C(=O)CCc1ccc(OC)c(OC)c1. The molecular weight excluding hydrogens is 416 g/mol. The summed E-state index contributed by atoms with van der Waals surface area (Å²) in [5, 5.41) is 3.04. The van der Waals surface area contributed by atoms with Gasteiger partial charge in [-0.05, 0) is 63.8 Å². The largest absolute Gasteiger partial charge is 0.493 e. The van der Waals surface area contributed by atoms with Crippen LogP contribution in [-0.4, -0.2) is 42.5 Å². The molecule has 2 aromatic rings. The van der Waals surface area contributed by atoms with Gasteiger partial charge in [0, 0.05) is 18.5 Å². The van der Waals surface area contributed by atoms with Gasteiger partial charge in [0.15, 0.2) is 11.5 Å². The maximum atomic E-state index is 13.4. The number of nitrogens with zero attached hydrogens (tertiary/aromatic N) is 1. The highest BCUT2D eigenvalue weighted by molar-refractivity contribution is 5.88. The first-order valence-electron chi connectivity index (χ1n) is 11.5. The fourth-order valence-electron chi connectivity index (χ4n) is 3.81. The van der Waals surface area contributed by atoms with Gasteiger partial charge in [0.05, 0.1) is 14.2 Å². The Kier molecular flexibility index (Phi) is 9.32. The number of nitrogens with one attached hydrogen (secondary N) is 1. The predicted octanol–water partition coefficient (Wildman–Crippen LogP) is 4.67. The van der Waals surface area contributed by atoms with Crippen LogP contribution in [0.1, 0.15) is 57.2 Å². The van der Waals surface area contributed by atoms with Gasteiger partial charge in [-0.1, -0.05) is 42.8 Å². The second-order valence-corrected chi connectivity index (χ2v) is 9.36. The number of carbonyl (C=O) groups is 2.